The summed E-state index contributed by atoms with van der Waals surface area (Å²) in [4.78, 5) is 15.3. The van der Waals surface area contributed by atoms with Gasteiger partial charge in [-0.05, 0) is 7.05 Å². The molecule has 0 radical (unpaired) electrons. The zero-order chi connectivity index (χ0) is 13.0. The van der Waals surface area contributed by atoms with Gasteiger partial charge in [-0.15, -0.1) is 0 Å². The number of nitrogens with zero attached hydrogens (tertiary/aromatic N) is 2. The minimum absolute atomic E-state index is 0.0212. The first-order valence-electron chi connectivity index (χ1n) is 6.49. The number of morpholine rings is 2. The van der Waals surface area contributed by atoms with Gasteiger partial charge in [0.1, 0.15) is 0 Å². The molecule has 0 aromatic rings. The molecule has 0 spiro atoms. The molecule has 0 aromatic carbocycles. The van der Waals surface area contributed by atoms with Gasteiger partial charge in [-0.3, -0.25) is 9.69 Å². The number of ether oxygens (including phenoxy) is 2. The van der Waals surface area contributed by atoms with E-state index in [9.17, 15) is 4.79 Å². The number of hydrogen-bond acceptors (Lipinski definition) is 5. The topological polar surface area (TPSA) is 62.2 Å². The first kappa shape index (κ1) is 13.7. The quantitative estimate of drug-likeness (QED) is 0.733. The van der Waals surface area contributed by atoms with Crippen LogP contribution in [0.2, 0.25) is 0 Å². The fourth-order valence-electron chi connectivity index (χ4n) is 2.56. The molecule has 2 unspecified atom stereocenters. The second-order valence-electron chi connectivity index (χ2n) is 5.08. The normalized spacial score (nSPS) is 31.4. The van der Waals surface area contributed by atoms with E-state index in [-0.39, 0.29) is 18.6 Å². The molecule has 2 heterocycles. The van der Waals surface area contributed by atoms with E-state index in [0.717, 1.165) is 32.8 Å². The number of rotatable bonds is 4. The van der Waals surface area contributed by atoms with Gasteiger partial charge in [-0.25, -0.2) is 0 Å². The molecule has 18 heavy (non-hydrogen) atoms. The van der Waals surface area contributed by atoms with Gasteiger partial charge in [0, 0.05) is 32.2 Å². The van der Waals surface area contributed by atoms with Crippen LogP contribution in [0.4, 0.5) is 0 Å². The highest BCUT2D eigenvalue weighted by Gasteiger charge is 2.29. The summed E-state index contributed by atoms with van der Waals surface area (Å²) in [6.07, 6.45) is 0.320. The second kappa shape index (κ2) is 6.47. The predicted molar refractivity (Wildman–Crippen MR) is 65.7 cm³/mol. The van der Waals surface area contributed by atoms with Crippen molar-refractivity contribution < 1.29 is 19.4 Å². The Kier molecular flexibility index (Phi) is 4.94. The SMILES string of the molecule is CN1CCOC(CN2CCOCC2CC(=O)O)C1. The number of hydrogen-bond donors (Lipinski definition) is 1. The fourth-order valence-corrected chi connectivity index (χ4v) is 2.56. The van der Waals surface area contributed by atoms with Crippen LogP contribution in [0, 0.1) is 0 Å². The second-order valence-corrected chi connectivity index (χ2v) is 5.08. The summed E-state index contributed by atoms with van der Waals surface area (Å²) in [6, 6.07) is -0.0212. The minimum atomic E-state index is -0.766. The minimum Gasteiger partial charge on any atom is -0.481 e. The van der Waals surface area contributed by atoms with Crippen LogP contribution in [0.3, 0.4) is 0 Å². The van der Waals surface area contributed by atoms with Gasteiger partial charge in [0.15, 0.2) is 0 Å². The average Bonchev–Trinajstić information content (AvgIpc) is 2.31. The van der Waals surface area contributed by atoms with Gasteiger partial charge in [0.25, 0.3) is 0 Å². The Morgan fingerprint density at radius 2 is 2.22 bits per heavy atom. The zero-order valence-electron chi connectivity index (χ0n) is 10.9. The fraction of sp³-hybridized carbons (Fsp3) is 0.917. The Hall–Kier alpha value is -0.690. The Morgan fingerprint density at radius 3 is 2.94 bits per heavy atom. The Labute approximate surface area is 107 Å². The van der Waals surface area contributed by atoms with Crippen molar-refractivity contribution in [3.63, 3.8) is 0 Å². The van der Waals surface area contributed by atoms with Crippen LogP contribution in [0.5, 0.6) is 0 Å². The lowest BCUT2D eigenvalue weighted by Crippen LogP contribution is -2.53. The van der Waals surface area contributed by atoms with Crippen molar-refractivity contribution in [2.24, 2.45) is 0 Å². The summed E-state index contributed by atoms with van der Waals surface area (Å²) < 4.78 is 11.1. The Morgan fingerprint density at radius 1 is 1.39 bits per heavy atom. The largest absolute Gasteiger partial charge is 0.481 e. The van der Waals surface area contributed by atoms with Gasteiger partial charge in [-0.2, -0.15) is 0 Å². The van der Waals surface area contributed by atoms with Crippen LogP contribution >= 0.6 is 0 Å². The number of likely N-dealkylation sites (N-methyl/N-ethyl adjacent to an activating group) is 1. The number of carboxylic acids is 1. The summed E-state index contributed by atoms with van der Waals surface area (Å²) in [5, 5.41) is 8.91. The van der Waals surface area contributed by atoms with Crippen molar-refractivity contribution in [2.45, 2.75) is 18.6 Å². The molecule has 2 atom stereocenters. The maximum absolute atomic E-state index is 10.8. The lowest BCUT2D eigenvalue weighted by molar-refractivity contribution is -0.141. The van der Waals surface area contributed by atoms with Gasteiger partial charge in [0.2, 0.25) is 0 Å². The molecule has 2 fully saturated rings. The summed E-state index contributed by atoms with van der Waals surface area (Å²) >= 11 is 0. The van der Waals surface area contributed by atoms with Crippen molar-refractivity contribution in [1.82, 2.24) is 9.80 Å². The Bertz CT molecular complexity index is 287. The molecule has 0 aliphatic carbocycles. The standard InChI is InChI=1S/C12H22N2O4/c1-13-2-5-18-11(7-13)8-14-3-4-17-9-10(14)6-12(15)16/h10-11H,2-9H2,1H3,(H,15,16). The molecule has 2 aliphatic heterocycles. The lowest BCUT2D eigenvalue weighted by atomic mass is 10.1. The van der Waals surface area contributed by atoms with Crippen molar-refractivity contribution in [1.29, 1.82) is 0 Å². The molecule has 0 amide bonds. The van der Waals surface area contributed by atoms with Crippen LogP contribution in [0.15, 0.2) is 0 Å². The molecular formula is C12H22N2O4. The third kappa shape index (κ3) is 3.91. The molecule has 1 N–H and O–H groups in total. The molecule has 0 bridgehead atoms. The van der Waals surface area contributed by atoms with E-state index in [0.29, 0.717) is 13.2 Å². The predicted octanol–water partition coefficient (Wildman–Crippen LogP) is -0.507. The lowest BCUT2D eigenvalue weighted by Gasteiger charge is -2.39. The summed E-state index contributed by atoms with van der Waals surface area (Å²) in [6.45, 7) is 5.42. The van der Waals surface area contributed by atoms with Crippen LogP contribution < -0.4 is 0 Å². The van der Waals surface area contributed by atoms with Gasteiger partial charge >= 0.3 is 5.97 Å². The maximum Gasteiger partial charge on any atom is 0.305 e. The molecule has 104 valence electrons. The molecule has 2 aliphatic rings. The van der Waals surface area contributed by atoms with Gasteiger partial charge < -0.3 is 19.5 Å². The van der Waals surface area contributed by atoms with E-state index in [4.69, 9.17) is 14.6 Å². The van der Waals surface area contributed by atoms with Crippen LogP contribution in [-0.4, -0.2) is 86.1 Å². The van der Waals surface area contributed by atoms with Crippen LogP contribution in [0.25, 0.3) is 0 Å². The van der Waals surface area contributed by atoms with Crippen molar-refractivity contribution in [3.8, 4) is 0 Å². The molecule has 6 heteroatoms. The summed E-state index contributed by atoms with van der Waals surface area (Å²) in [5.74, 6) is -0.766. The summed E-state index contributed by atoms with van der Waals surface area (Å²) in [5.41, 5.74) is 0. The van der Waals surface area contributed by atoms with Crippen molar-refractivity contribution >= 4 is 5.97 Å². The highest BCUT2D eigenvalue weighted by molar-refractivity contribution is 5.67. The highest BCUT2D eigenvalue weighted by Crippen LogP contribution is 2.14. The number of carbonyl (C=O) groups is 1. The zero-order valence-corrected chi connectivity index (χ0v) is 10.9. The smallest absolute Gasteiger partial charge is 0.305 e. The van der Waals surface area contributed by atoms with E-state index in [1.807, 2.05) is 0 Å². The van der Waals surface area contributed by atoms with E-state index >= 15 is 0 Å². The van der Waals surface area contributed by atoms with E-state index in [2.05, 4.69) is 16.8 Å². The number of carboxylic acid groups (broad SMARTS) is 1. The van der Waals surface area contributed by atoms with Gasteiger partial charge in [0.05, 0.1) is 32.3 Å². The average molecular weight is 258 g/mol. The Balaban J connectivity index is 1.86. The van der Waals surface area contributed by atoms with Crippen molar-refractivity contribution in [3.05, 3.63) is 0 Å². The third-order valence-corrected chi connectivity index (χ3v) is 3.54. The number of aliphatic carboxylic acids is 1. The van der Waals surface area contributed by atoms with Crippen LogP contribution in [0.1, 0.15) is 6.42 Å². The highest BCUT2D eigenvalue weighted by atomic mass is 16.5. The van der Waals surface area contributed by atoms with Crippen LogP contribution in [-0.2, 0) is 14.3 Å². The molecule has 0 aromatic heterocycles. The van der Waals surface area contributed by atoms with Gasteiger partial charge in [-0.1, -0.05) is 0 Å². The molecule has 2 saturated heterocycles. The van der Waals surface area contributed by atoms with E-state index in [1.54, 1.807) is 0 Å². The maximum atomic E-state index is 10.8. The monoisotopic (exact) mass is 258 g/mol. The first-order valence-corrected chi connectivity index (χ1v) is 6.49. The molecule has 0 saturated carbocycles. The first-order chi connectivity index (χ1) is 8.65. The molecule has 2 rings (SSSR count). The van der Waals surface area contributed by atoms with E-state index < -0.39 is 5.97 Å². The molecule has 6 nitrogen and oxygen atoms in total. The third-order valence-electron chi connectivity index (χ3n) is 3.54. The summed E-state index contributed by atoms with van der Waals surface area (Å²) in [7, 11) is 2.09. The van der Waals surface area contributed by atoms with E-state index in [1.165, 1.54) is 0 Å². The molecular weight excluding hydrogens is 236 g/mol. The van der Waals surface area contributed by atoms with Crippen molar-refractivity contribution in [2.75, 3.05) is 53.0 Å².